The van der Waals surface area contributed by atoms with E-state index < -0.39 is 6.09 Å². The van der Waals surface area contributed by atoms with E-state index in [4.69, 9.17) is 11.7 Å². The number of cyclic esters (lactones) is 1. The molecule has 2 aliphatic heterocycles. The number of anilines is 1. The Morgan fingerprint density at radius 3 is 2.64 bits per heavy atom. The minimum atomic E-state index is -0.406. The molecule has 2 fully saturated rings. The lowest BCUT2D eigenvalue weighted by Crippen LogP contribution is -2.48. The number of ether oxygens (including phenoxy) is 1. The van der Waals surface area contributed by atoms with Crippen molar-refractivity contribution in [3.05, 3.63) is 37.0 Å². The Hall–Kier alpha value is -1.66. The van der Waals surface area contributed by atoms with E-state index in [1.54, 1.807) is 12.1 Å². The Bertz CT molecular complexity index is 532. The second-order valence-corrected chi connectivity index (χ2v) is 5.70. The van der Waals surface area contributed by atoms with E-state index >= 15 is 0 Å². The molecule has 0 aliphatic carbocycles. The van der Waals surface area contributed by atoms with Crippen LogP contribution in [0.2, 0.25) is 0 Å². The summed E-state index contributed by atoms with van der Waals surface area (Å²) in [5.41, 5.74) is 0.542. The largest absolute Gasteiger partial charge is 0.443 e. The summed E-state index contributed by atoms with van der Waals surface area (Å²) in [6.07, 6.45) is -0.587. The highest BCUT2D eigenvalue weighted by atomic mass is 19.1. The number of amides is 1. The van der Waals surface area contributed by atoms with Crippen LogP contribution in [0.1, 0.15) is 0 Å². The quantitative estimate of drug-likeness (QED) is 0.844. The van der Waals surface area contributed by atoms with Crippen LogP contribution in [0.4, 0.5) is 14.9 Å². The zero-order valence-corrected chi connectivity index (χ0v) is 12.4. The fourth-order valence-electron chi connectivity index (χ4n) is 2.91. The van der Waals surface area contributed by atoms with Crippen LogP contribution in [-0.4, -0.2) is 67.8 Å². The van der Waals surface area contributed by atoms with Crippen LogP contribution < -0.4 is 4.90 Å². The third-order valence-corrected chi connectivity index (χ3v) is 4.18. The number of benzene rings is 1. The van der Waals surface area contributed by atoms with Gasteiger partial charge in [0.15, 0.2) is 0 Å². The normalized spacial score (nSPS) is 23.8. The predicted molar refractivity (Wildman–Crippen MR) is 81.2 cm³/mol. The van der Waals surface area contributed by atoms with Crippen LogP contribution >= 0.6 is 0 Å². The zero-order valence-electron chi connectivity index (χ0n) is 12.4. The standard InChI is InChI=1S/C16H20FN3O2/c1-2-18-6-8-19(9-7-18)11-15-12-20(16(21)22-15)14-5-3-4-13(17)10-14/h1,3-5,10,15H,2,6-9,11-12H2/t15-/m0/s1. The SMILES string of the molecule is [CH]CN1CCN(C[C@H]2CN(c3cccc(F)c3)C(=O)O2)CC1. The molecule has 0 saturated carbocycles. The van der Waals surface area contributed by atoms with Crippen molar-refractivity contribution in [3.8, 4) is 0 Å². The van der Waals surface area contributed by atoms with Crippen LogP contribution in [0, 0.1) is 12.7 Å². The number of piperazine rings is 1. The van der Waals surface area contributed by atoms with Crippen LogP contribution in [0.5, 0.6) is 0 Å². The van der Waals surface area contributed by atoms with Crippen LogP contribution in [-0.2, 0) is 4.74 Å². The lowest BCUT2D eigenvalue weighted by molar-refractivity contribution is 0.0802. The Kier molecular flexibility index (Phi) is 4.59. The zero-order chi connectivity index (χ0) is 15.5. The van der Waals surface area contributed by atoms with Gasteiger partial charge in [0, 0.05) is 39.3 Å². The van der Waals surface area contributed by atoms with Gasteiger partial charge in [-0.05, 0) is 25.1 Å². The summed E-state index contributed by atoms with van der Waals surface area (Å²) in [5, 5.41) is 0. The van der Waals surface area contributed by atoms with E-state index in [0.717, 1.165) is 26.2 Å². The summed E-state index contributed by atoms with van der Waals surface area (Å²) in [5.74, 6) is -0.355. The number of carbonyl (C=O) groups excluding carboxylic acids is 1. The van der Waals surface area contributed by atoms with Gasteiger partial charge in [0.2, 0.25) is 0 Å². The van der Waals surface area contributed by atoms with Gasteiger partial charge in [-0.2, -0.15) is 0 Å². The molecule has 22 heavy (non-hydrogen) atoms. The molecule has 2 heterocycles. The molecule has 118 valence electrons. The van der Waals surface area contributed by atoms with Crippen molar-refractivity contribution < 1.29 is 13.9 Å². The average Bonchev–Trinajstić information content (AvgIpc) is 2.88. The maximum Gasteiger partial charge on any atom is 0.414 e. The first-order valence-corrected chi connectivity index (χ1v) is 7.54. The van der Waals surface area contributed by atoms with Crippen molar-refractivity contribution >= 4 is 11.8 Å². The van der Waals surface area contributed by atoms with Gasteiger partial charge in [-0.3, -0.25) is 9.80 Å². The number of hydrogen-bond donors (Lipinski definition) is 0. The van der Waals surface area contributed by atoms with E-state index in [9.17, 15) is 9.18 Å². The van der Waals surface area contributed by atoms with Gasteiger partial charge >= 0.3 is 6.09 Å². The molecular weight excluding hydrogens is 285 g/mol. The predicted octanol–water partition coefficient (Wildman–Crippen LogP) is 1.48. The molecule has 3 rings (SSSR count). The molecule has 0 spiro atoms. The maximum atomic E-state index is 13.3. The summed E-state index contributed by atoms with van der Waals surface area (Å²) < 4.78 is 18.7. The van der Waals surface area contributed by atoms with E-state index in [-0.39, 0.29) is 11.9 Å². The monoisotopic (exact) mass is 305 g/mol. The first-order valence-electron chi connectivity index (χ1n) is 7.54. The molecule has 2 saturated heterocycles. The van der Waals surface area contributed by atoms with Gasteiger partial charge in [0.25, 0.3) is 0 Å². The van der Waals surface area contributed by atoms with Gasteiger partial charge in [0.05, 0.1) is 12.2 Å². The molecule has 5 nitrogen and oxygen atoms in total. The topological polar surface area (TPSA) is 36.0 Å². The van der Waals surface area contributed by atoms with Gasteiger partial charge in [-0.15, -0.1) is 0 Å². The molecule has 0 N–H and O–H groups in total. The number of hydrogen-bond acceptors (Lipinski definition) is 4. The molecule has 6 heteroatoms. The van der Waals surface area contributed by atoms with Crippen molar-refractivity contribution in [2.75, 3.05) is 50.7 Å². The molecule has 1 atom stereocenters. The third kappa shape index (κ3) is 3.39. The Balaban J connectivity index is 1.56. The highest BCUT2D eigenvalue weighted by Crippen LogP contribution is 2.22. The van der Waals surface area contributed by atoms with Crippen LogP contribution in [0.3, 0.4) is 0 Å². The van der Waals surface area contributed by atoms with Crippen molar-refractivity contribution in [1.29, 1.82) is 0 Å². The summed E-state index contributed by atoms with van der Waals surface area (Å²) >= 11 is 0. The second-order valence-electron chi connectivity index (χ2n) is 5.70. The number of nitrogens with zero attached hydrogens (tertiary/aromatic N) is 3. The molecule has 0 aromatic heterocycles. The molecule has 1 aromatic rings. The first-order chi connectivity index (χ1) is 10.7. The highest BCUT2D eigenvalue weighted by molar-refractivity contribution is 5.89. The van der Waals surface area contributed by atoms with Crippen molar-refractivity contribution in [3.63, 3.8) is 0 Å². The molecule has 0 bridgehead atoms. The summed E-state index contributed by atoms with van der Waals surface area (Å²) in [4.78, 5) is 17.9. The highest BCUT2D eigenvalue weighted by Gasteiger charge is 2.34. The minimum absolute atomic E-state index is 0.180. The Morgan fingerprint density at radius 1 is 1.23 bits per heavy atom. The summed E-state index contributed by atoms with van der Waals surface area (Å²) in [6, 6.07) is 6.02. The molecule has 1 amide bonds. The number of rotatable bonds is 4. The fraction of sp³-hybridized carbons (Fsp3) is 0.500. The van der Waals surface area contributed by atoms with E-state index in [1.807, 2.05) is 0 Å². The van der Waals surface area contributed by atoms with Crippen LogP contribution in [0.25, 0.3) is 0 Å². The van der Waals surface area contributed by atoms with Gasteiger partial charge in [0.1, 0.15) is 11.9 Å². The lowest BCUT2D eigenvalue weighted by Gasteiger charge is -2.34. The van der Waals surface area contributed by atoms with Crippen molar-refractivity contribution in [1.82, 2.24) is 9.80 Å². The Morgan fingerprint density at radius 2 is 1.95 bits per heavy atom. The van der Waals surface area contributed by atoms with E-state index in [0.29, 0.717) is 25.3 Å². The summed E-state index contributed by atoms with van der Waals surface area (Å²) in [6.45, 7) is 11.1. The molecular formula is C16H20FN3O2. The van der Waals surface area contributed by atoms with Crippen molar-refractivity contribution in [2.45, 2.75) is 6.10 Å². The molecule has 2 aliphatic rings. The number of carbonyl (C=O) groups is 1. The van der Waals surface area contributed by atoms with Crippen LogP contribution in [0.15, 0.2) is 24.3 Å². The Labute approximate surface area is 130 Å². The molecule has 0 unspecified atom stereocenters. The lowest BCUT2D eigenvalue weighted by atomic mass is 10.2. The summed E-state index contributed by atoms with van der Waals surface area (Å²) in [7, 11) is 0. The molecule has 1 aromatic carbocycles. The third-order valence-electron chi connectivity index (χ3n) is 4.18. The van der Waals surface area contributed by atoms with Gasteiger partial charge in [-0.25, -0.2) is 9.18 Å². The van der Waals surface area contributed by atoms with Gasteiger partial charge < -0.3 is 9.64 Å². The van der Waals surface area contributed by atoms with Gasteiger partial charge in [-0.1, -0.05) is 6.07 Å². The fourth-order valence-corrected chi connectivity index (χ4v) is 2.91. The smallest absolute Gasteiger partial charge is 0.414 e. The van der Waals surface area contributed by atoms with Crippen molar-refractivity contribution in [2.24, 2.45) is 0 Å². The van der Waals surface area contributed by atoms with E-state index in [2.05, 4.69) is 9.80 Å². The van der Waals surface area contributed by atoms with E-state index in [1.165, 1.54) is 17.0 Å². The molecule has 2 radical (unpaired) electrons. The second kappa shape index (κ2) is 6.62. The average molecular weight is 305 g/mol. The number of halogens is 1. The minimum Gasteiger partial charge on any atom is -0.443 e. The maximum absolute atomic E-state index is 13.3. The first kappa shape index (κ1) is 15.2.